The second kappa shape index (κ2) is 29.9. The molecule has 0 fully saturated rings. The van der Waals surface area contributed by atoms with Gasteiger partial charge in [0.05, 0.1) is 0 Å². The van der Waals surface area contributed by atoms with E-state index in [2.05, 4.69) is 0 Å². The van der Waals surface area contributed by atoms with Crippen LogP contribution in [-0.2, 0) is 21.1 Å². The first kappa shape index (κ1) is 15.6. The van der Waals surface area contributed by atoms with Crippen LogP contribution in [0.5, 0.6) is 0 Å². The fraction of sp³-hybridized carbons (Fsp3) is 0.667. The van der Waals surface area contributed by atoms with Crippen molar-refractivity contribution in [1.82, 2.24) is 0 Å². The molecule has 0 radical (unpaired) electrons. The third-order valence-corrected chi connectivity index (χ3v) is 0. The minimum Gasteiger partial charge on any atom is -0.335 e. The molecule has 0 aliphatic rings. The molecule has 0 nitrogen and oxygen atoms in total. The van der Waals surface area contributed by atoms with Crippen molar-refractivity contribution in [1.29, 1.82) is 0 Å². The Hall–Kier alpha value is 0.688. The molecule has 0 unspecified atom stereocenters. The van der Waals surface area contributed by atoms with Crippen LogP contribution in [0.25, 0.3) is 0 Å². The van der Waals surface area contributed by atoms with Gasteiger partial charge in [-0.2, -0.15) is 27.7 Å². The zero-order valence-corrected chi connectivity index (χ0v) is 7.74. The zero-order valence-electron chi connectivity index (χ0n) is 5.47. The van der Waals surface area contributed by atoms with Crippen LogP contribution in [0, 0.1) is 12.8 Å². The molecule has 0 rings (SSSR count). The summed E-state index contributed by atoms with van der Waals surface area (Å²) in [6.07, 6.45) is 4.00. The van der Waals surface area contributed by atoms with Crippen molar-refractivity contribution >= 4 is 0 Å². The van der Waals surface area contributed by atoms with E-state index in [1.165, 1.54) is 0 Å². The van der Waals surface area contributed by atoms with E-state index in [4.69, 9.17) is 0 Å². The van der Waals surface area contributed by atoms with Crippen LogP contribution >= 0.6 is 0 Å². The summed E-state index contributed by atoms with van der Waals surface area (Å²) in [5.41, 5.74) is 0. The average Bonchev–Trinajstić information content (AvgIpc) is 1.39. The zero-order chi connectivity index (χ0) is 5.41. The van der Waals surface area contributed by atoms with E-state index >= 15 is 0 Å². The first-order chi connectivity index (χ1) is 2.83. The van der Waals surface area contributed by atoms with Crippen LogP contribution in [0.3, 0.4) is 0 Å². The van der Waals surface area contributed by atoms with Crippen LogP contribution in [-0.4, -0.2) is 0 Å². The molecular weight excluding hydrogens is 267 g/mol. The van der Waals surface area contributed by atoms with E-state index in [9.17, 15) is 0 Å². The number of hydrogen-bond acceptors (Lipinski definition) is 0. The summed E-state index contributed by atoms with van der Waals surface area (Å²) >= 11 is 0. The Balaban J connectivity index is -0.0000000400. The van der Waals surface area contributed by atoms with Crippen molar-refractivity contribution in [2.24, 2.45) is 0 Å². The molecule has 0 saturated carbocycles. The van der Waals surface area contributed by atoms with E-state index < -0.39 is 0 Å². The molecule has 0 aromatic carbocycles. The molecular formula is C6H14Pt. The van der Waals surface area contributed by atoms with Gasteiger partial charge in [0.25, 0.3) is 0 Å². The van der Waals surface area contributed by atoms with Crippen molar-refractivity contribution in [2.45, 2.75) is 27.7 Å². The second-order valence-corrected chi connectivity index (χ2v) is 1.15. The summed E-state index contributed by atoms with van der Waals surface area (Å²) in [7, 11) is 0. The Bertz CT molecular complexity index is 6.14. The molecule has 0 heterocycles. The SMILES string of the molecule is C[CH-]C.C[CH-]C.[Pt+2]. The Labute approximate surface area is 62.0 Å². The molecule has 1 heteroatoms. The Morgan fingerprint density at radius 1 is 0.714 bits per heavy atom. The van der Waals surface area contributed by atoms with Crippen LogP contribution in [0.4, 0.5) is 0 Å². The van der Waals surface area contributed by atoms with Gasteiger partial charge < -0.3 is 12.8 Å². The van der Waals surface area contributed by atoms with Gasteiger partial charge in [-0.1, -0.05) is 0 Å². The standard InChI is InChI=1S/2C3H7.Pt/c2*1-3-2;/h2*3H,1-2H3;/q2*-1;+2. The second-order valence-electron chi connectivity index (χ2n) is 1.15. The van der Waals surface area contributed by atoms with Gasteiger partial charge in [-0.05, 0) is 0 Å². The molecule has 48 valence electrons. The fourth-order valence-electron chi connectivity index (χ4n) is 0. The van der Waals surface area contributed by atoms with Gasteiger partial charge in [0.15, 0.2) is 0 Å². The maximum atomic E-state index is 2.00. The van der Waals surface area contributed by atoms with Crippen molar-refractivity contribution in [3.8, 4) is 0 Å². The summed E-state index contributed by atoms with van der Waals surface area (Å²) in [5.74, 6) is 0. The third-order valence-electron chi connectivity index (χ3n) is 0. The third kappa shape index (κ3) is 310. The van der Waals surface area contributed by atoms with E-state index in [-0.39, 0.29) is 21.1 Å². The van der Waals surface area contributed by atoms with Gasteiger partial charge >= 0.3 is 21.1 Å². The van der Waals surface area contributed by atoms with E-state index in [0.29, 0.717) is 0 Å². The summed E-state index contributed by atoms with van der Waals surface area (Å²) in [4.78, 5) is 0. The van der Waals surface area contributed by atoms with Crippen LogP contribution in [0.1, 0.15) is 27.7 Å². The first-order valence-electron chi connectivity index (χ1n) is 2.31. The van der Waals surface area contributed by atoms with Gasteiger partial charge in [0.1, 0.15) is 0 Å². The van der Waals surface area contributed by atoms with Crippen LogP contribution < -0.4 is 0 Å². The van der Waals surface area contributed by atoms with Crippen molar-refractivity contribution in [2.75, 3.05) is 0 Å². The number of rotatable bonds is 0. The molecule has 0 aliphatic carbocycles. The maximum Gasteiger partial charge on any atom is 2.00 e. The molecule has 0 N–H and O–H groups in total. The summed E-state index contributed by atoms with van der Waals surface area (Å²) in [6, 6.07) is 0. The van der Waals surface area contributed by atoms with Gasteiger partial charge in [0, 0.05) is 0 Å². The quantitative estimate of drug-likeness (QED) is 0.598. The molecule has 0 saturated heterocycles. The maximum absolute atomic E-state index is 2.00. The minimum atomic E-state index is 0. The number of hydrogen-bond donors (Lipinski definition) is 0. The average molecular weight is 281 g/mol. The Morgan fingerprint density at radius 3 is 0.714 bits per heavy atom. The van der Waals surface area contributed by atoms with E-state index in [0.717, 1.165) is 0 Å². The topological polar surface area (TPSA) is 0 Å². The Kier molecular flexibility index (Phi) is 66.9. The van der Waals surface area contributed by atoms with Gasteiger partial charge in [0.2, 0.25) is 0 Å². The fourth-order valence-corrected chi connectivity index (χ4v) is 0. The normalized spacial score (nSPS) is 5.14. The van der Waals surface area contributed by atoms with Gasteiger partial charge in [-0.25, -0.2) is 0 Å². The van der Waals surface area contributed by atoms with Crippen LogP contribution in [0.15, 0.2) is 0 Å². The summed E-state index contributed by atoms with van der Waals surface area (Å²) in [6.45, 7) is 8.00. The van der Waals surface area contributed by atoms with Gasteiger partial charge in [-0.3, -0.25) is 0 Å². The predicted octanol–water partition coefficient (Wildman–Crippen LogP) is 2.46. The molecule has 0 spiro atoms. The molecule has 0 bridgehead atoms. The largest absolute Gasteiger partial charge is 2.00 e. The van der Waals surface area contributed by atoms with Crippen molar-refractivity contribution in [3.63, 3.8) is 0 Å². The smallest absolute Gasteiger partial charge is 0.335 e. The molecule has 0 aliphatic heterocycles. The molecule has 0 amide bonds. The summed E-state index contributed by atoms with van der Waals surface area (Å²) in [5, 5.41) is 0. The molecule has 0 atom stereocenters. The monoisotopic (exact) mass is 281 g/mol. The first-order valence-corrected chi connectivity index (χ1v) is 2.31. The van der Waals surface area contributed by atoms with Crippen LogP contribution in [0.2, 0.25) is 0 Å². The van der Waals surface area contributed by atoms with Crippen molar-refractivity contribution in [3.05, 3.63) is 12.8 Å². The molecule has 7 heavy (non-hydrogen) atoms. The predicted molar refractivity (Wildman–Crippen MR) is 31.3 cm³/mol. The minimum absolute atomic E-state index is 0. The van der Waals surface area contributed by atoms with E-state index in [1.54, 1.807) is 0 Å². The van der Waals surface area contributed by atoms with E-state index in [1.807, 2.05) is 40.5 Å². The Morgan fingerprint density at radius 2 is 0.714 bits per heavy atom. The summed E-state index contributed by atoms with van der Waals surface area (Å²) < 4.78 is 0. The van der Waals surface area contributed by atoms with Crippen molar-refractivity contribution < 1.29 is 21.1 Å². The molecule has 0 aromatic rings. The van der Waals surface area contributed by atoms with Gasteiger partial charge in [-0.15, -0.1) is 0 Å². The molecule has 0 aromatic heterocycles.